The number of aromatic hydroxyl groups is 1. The fraction of sp³-hybridized carbons (Fsp3) is 0.318. The topological polar surface area (TPSA) is 75.7 Å². The van der Waals surface area contributed by atoms with Gasteiger partial charge in [0.05, 0.1) is 10.9 Å². The normalized spacial score (nSPS) is 22.1. The second kappa shape index (κ2) is 6.78. The Morgan fingerprint density at radius 1 is 1.07 bits per heavy atom. The molecule has 30 heavy (non-hydrogen) atoms. The first-order valence-corrected chi connectivity index (χ1v) is 11.0. The van der Waals surface area contributed by atoms with E-state index in [0.29, 0.717) is 16.8 Å². The average Bonchev–Trinajstić information content (AvgIpc) is 3.33. The largest absolute Gasteiger partial charge is 0.492 e. The van der Waals surface area contributed by atoms with E-state index in [0.717, 1.165) is 42.2 Å². The van der Waals surface area contributed by atoms with Crippen molar-refractivity contribution in [2.24, 2.45) is 5.92 Å². The molecule has 4 aromatic rings. The molecule has 0 unspecified atom stereocenters. The molecule has 1 fully saturated rings. The summed E-state index contributed by atoms with van der Waals surface area (Å²) >= 11 is 1.49. The number of aromatic nitrogens is 4. The molecule has 5 heterocycles. The summed E-state index contributed by atoms with van der Waals surface area (Å²) in [6.45, 7) is 2.47. The lowest BCUT2D eigenvalue weighted by Gasteiger charge is -2.45. The highest BCUT2D eigenvalue weighted by Crippen LogP contribution is 2.44. The van der Waals surface area contributed by atoms with Crippen LogP contribution in [-0.2, 0) is 6.54 Å². The Hall–Kier alpha value is -2.97. The molecule has 1 N–H and O–H groups in total. The van der Waals surface area contributed by atoms with Crippen molar-refractivity contribution in [3.8, 4) is 5.88 Å². The van der Waals surface area contributed by atoms with Gasteiger partial charge in [0.1, 0.15) is 6.33 Å². The number of hydrogen-bond donors (Lipinski definition) is 1. The highest BCUT2D eigenvalue weighted by molar-refractivity contribution is 7.17. The van der Waals surface area contributed by atoms with Crippen molar-refractivity contribution >= 4 is 16.3 Å². The van der Waals surface area contributed by atoms with Crippen LogP contribution in [0.5, 0.6) is 5.88 Å². The highest BCUT2D eigenvalue weighted by Gasteiger charge is 2.39. The van der Waals surface area contributed by atoms with Crippen LogP contribution in [0.15, 0.2) is 59.7 Å². The van der Waals surface area contributed by atoms with E-state index in [4.69, 9.17) is 0 Å². The Morgan fingerprint density at radius 3 is 2.77 bits per heavy atom. The first kappa shape index (κ1) is 17.9. The third-order valence-corrected chi connectivity index (χ3v) is 7.46. The van der Waals surface area contributed by atoms with Gasteiger partial charge in [0.25, 0.3) is 5.56 Å². The van der Waals surface area contributed by atoms with Gasteiger partial charge in [-0.3, -0.25) is 9.69 Å². The van der Waals surface area contributed by atoms with E-state index in [9.17, 15) is 9.90 Å². The maximum absolute atomic E-state index is 12.4. The van der Waals surface area contributed by atoms with Gasteiger partial charge in [0.2, 0.25) is 10.8 Å². The van der Waals surface area contributed by atoms with E-state index < -0.39 is 0 Å². The van der Waals surface area contributed by atoms with Gasteiger partial charge in [0.15, 0.2) is 0 Å². The van der Waals surface area contributed by atoms with Crippen molar-refractivity contribution in [3.63, 3.8) is 0 Å². The zero-order valence-electron chi connectivity index (χ0n) is 16.3. The summed E-state index contributed by atoms with van der Waals surface area (Å²) in [5, 5.41) is 15.1. The molecule has 8 heteroatoms. The van der Waals surface area contributed by atoms with Crippen LogP contribution in [-0.4, -0.2) is 42.3 Å². The number of fused-ring (bicyclic) bond motifs is 5. The summed E-state index contributed by atoms with van der Waals surface area (Å²) in [5.74, 6) is 0.877. The molecule has 152 valence electrons. The Morgan fingerprint density at radius 2 is 1.93 bits per heavy atom. The first-order chi connectivity index (χ1) is 14.7. The number of likely N-dealkylation sites (tertiary alicyclic amines) is 1. The molecule has 0 aliphatic carbocycles. The molecular weight excluding hydrogens is 398 g/mol. The number of pyridine rings is 1. The fourth-order valence-corrected chi connectivity index (χ4v) is 6.27. The molecule has 0 amide bonds. The van der Waals surface area contributed by atoms with Crippen molar-refractivity contribution in [1.82, 2.24) is 24.1 Å². The van der Waals surface area contributed by atoms with E-state index in [1.165, 1.54) is 22.2 Å². The number of rotatable bonds is 3. The predicted octanol–water partition coefficient (Wildman–Crippen LogP) is 2.87. The Kier molecular flexibility index (Phi) is 4.04. The quantitative estimate of drug-likeness (QED) is 0.553. The van der Waals surface area contributed by atoms with Gasteiger partial charge in [-0.15, -0.1) is 0 Å². The van der Waals surface area contributed by atoms with E-state index in [-0.39, 0.29) is 17.5 Å². The number of hydrogen-bond acceptors (Lipinski definition) is 6. The minimum Gasteiger partial charge on any atom is -0.492 e. The lowest BCUT2D eigenvalue weighted by molar-refractivity contribution is 0.0952. The predicted molar refractivity (Wildman–Crippen MR) is 114 cm³/mol. The molecule has 0 radical (unpaired) electrons. The van der Waals surface area contributed by atoms with E-state index in [1.807, 2.05) is 28.8 Å². The third-order valence-electron chi connectivity index (χ3n) is 6.38. The molecule has 1 aromatic carbocycles. The van der Waals surface area contributed by atoms with Crippen molar-refractivity contribution in [1.29, 1.82) is 0 Å². The van der Waals surface area contributed by atoms with Gasteiger partial charge in [-0.05, 0) is 24.0 Å². The van der Waals surface area contributed by atoms with Crippen LogP contribution >= 0.6 is 11.3 Å². The van der Waals surface area contributed by atoms with Crippen LogP contribution in [0.2, 0.25) is 0 Å². The van der Waals surface area contributed by atoms with Crippen molar-refractivity contribution < 1.29 is 5.11 Å². The molecular formula is C22H21N5O2S. The number of nitrogens with zero attached hydrogens (tertiary/aromatic N) is 5. The molecule has 0 spiro atoms. The van der Waals surface area contributed by atoms with Gasteiger partial charge in [-0.2, -0.15) is 9.61 Å². The zero-order valence-corrected chi connectivity index (χ0v) is 17.1. The summed E-state index contributed by atoms with van der Waals surface area (Å²) < 4.78 is 3.46. The first-order valence-electron chi connectivity index (χ1n) is 10.2. The van der Waals surface area contributed by atoms with E-state index in [2.05, 4.69) is 33.2 Å². The smallest absolute Gasteiger partial charge is 0.250 e. The molecule has 3 atom stereocenters. The second-order valence-corrected chi connectivity index (χ2v) is 9.22. The molecule has 2 bridgehead atoms. The summed E-state index contributed by atoms with van der Waals surface area (Å²) in [7, 11) is 0. The van der Waals surface area contributed by atoms with Gasteiger partial charge in [-0.25, -0.2) is 4.98 Å². The summed E-state index contributed by atoms with van der Waals surface area (Å²) in [6, 6.07) is 15.8. The maximum atomic E-state index is 12.4. The molecule has 2 aliphatic heterocycles. The van der Waals surface area contributed by atoms with Crippen LogP contribution < -0.4 is 5.56 Å². The van der Waals surface area contributed by atoms with Crippen LogP contribution in [0.25, 0.3) is 4.96 Å². The molecule has 7 nitrogen and oxygen atoms in total. The van der Waals surface area contributed by atoms with Gasteiger partial charge < -0.3 is 9.67 Å². The van der Waals surface area contributed by atoms with Crippen LogP contribution in [0.1, 0.15) is 34.5 Å². The molecule has 1 saturated heterocycles. The second-order valence-electron chi connectivity index (χ2n) is 8.21. The van der Waals surface area contributed by atoms with Crippen molar-refractivity contribution in [2.45, 2.75) is 24.9 Å². The number of piperidine rings is 1. The van der Waals surface area contributed by atoms with Crippen molar-refractivity contribution in [3.05, 3.63) is 81.3 Å². The Bertz CT molecular complexity index is 1280. The van der Waals surface area contributed by atoms with E-state index >= 15 is 0 Å². The van der Waals surface area contributed by atoms with Crippen molar-refractivity contribution in [2.75, 3.05) is 13.1 Å². The maximum Gasteiger partial charge on any atom is 0.250 e. The van der Waals surface area contributed by atoms with Crippen LogP contribution in [0.4, 0.5) is 0 Å². The molecule has 3 aromatic heterocycles. The Balaban J connectivity index is 1.45. The van der Waals surface area contributed by atoms with Crippen LogP contribution in [0, 0.1) is 5.92 Å². The van der Waals surface area contributed by atoms with E-state index in [1.54, 1.807) is 6.07 Å². The monoisotopic (exact) mass is 419 g/mol. The minimum atomic E-state index is -0.0769. The molecule has 2 aliphatic rings. The lowest BCUT2D eigenvalue weighted by atomic mass is 9.82. The SMILES string of the molecule is O=c1cccc2n1C[C@H]1C[C@@H]2CN([C@@H](c2ccccc2)c2sc3ncnn3c2O)C1. The van der Waals surface area contributed by atoms with Crippen LogP contribution in [0.3, 0.4) is 0 Å². The number of thiazole rings is 1. The number of benzene rings is 1. The van der Waals surface area contributed by atoms with Gasteiger partial charge in [0, 0.05) is 37.3 Å². The standard InChI is InChI=1S/C22H21N5O2S/c28-18-8-4-7-17-16-9-14(11-26(17)18)10-25(12-16)19(15-5-2-1-3-6-15)20-21(29)27-22(30-20)23-13-24-27/h1-8,13-14,16,19,29H,9-12H2/t14-,16+,19-/m0/s1. The summed E-state index contributed by atoms with van der Waals surface area (Å²) in [4.78, 5) is 20.7. The van der Waals surface area contributed by atoms with Gasteiger partial charge >= 0.3 is 0 Å². The minimum absolute atomic E-state index is 0.0769. The Labute approximate surface area is 176 Å². The molecule has 0 saturated carbocycles. The third kappa shape index (κ3) is 2.71. The highest BCUT2D eigenvalue weighted by atomic mass is 32.1. The lowest BCUT2D eigenvalue weighted by Crippen LogP contribution is -2.48. The fourth-order valence-electron chi connectivity index (χ4n) is 5.18. The molecule has 6 rings (SSSR count). The average molecular weight is 420 g/mol. The summed E-state index contributed by atoms with van der Waals surface area (Å²) in [6.07, 6.45) is 2.57. The zero-order chi connectivity index (χ0) is 20.2. The van der Waals surface area contributed by atoms with Gasteiger partial charge in [-0.1, -0.05) is 47.7 Å². The summed E-state index contributed by atoms with van der Waals surface area (Å²) in [5.41, 5.74) is 2.36.